The zero-order chi connectivity index (χ0) is 21.1. The molecule has 156 valence electrons. The third-order valence-corrected chi connectivity index (χ3v) is 4.39. The summed E-state index contributed by atoms with van der Waals surface area (Å²) in [5.74, 6) is -0.281. The molecular formula is C20H30N2O6. The average Bonchev–Trinajstić information content (AvgIpc) is 2.61. The first-order valence-corrected chi connectivity index (χ1v) is 9.43. The van der Waals surface area contributed by atoms with Crippen molar-refractivity contribution in [2.45, 2.75) is 64.5 Å². The van der Waals surface area contributed by atoms with Crippen molar-refractivity contribution in [2.75, 3.05) is 13.2 Å². The first-order chi connectivity index (χ1) is 13.2. The van der Waals surface area contributed by atoms with Crippen molar-refractivity contribution in [1.29, 1.82) is 0 Å². The Balaban J connectivity index is 2.27. The first-order valence-electron chi connectivity index (χ1n) is 9.43. The molecule has 0 saturated heterocycles. The molecule has 8 nitrogen and oxygen atoms in total. The van der Waals surface area contributed by atoms with E-state index in [0.29, 0.717) is 17.6 Å². The SMILES string of the molecule is C=C(C)C(=O)CCOC(=O)NC1CCCC(NC(=O)OCCC(=O)C(=C)C)C1. The van der Waals surface area contributed by atoms with Crippen molar-refractivity contribution < 1.29 is 28.7 Å². The molecule has 1 rings (SSSR count). The van der Waals surface area contributed by atoms with Gasteiger partial charge in [0.05, 0.1) is 0 Å². The minimum absolute atomic E-state index is 0.00115. The number of rotatable bonds is 10. The van der Waals surface area contributed by atoms with Crippen molar-refractivity contribution in [3.05, 3.63) is 24.3 Å². The molecule has 0 spiro atoms. The second kappa shape index (κ2) is 11.9. The fourth-order valence-corrected chi connectivity index (χ4v) is 2.77. The highest BCUT2D eigenvalue weighted by Gasteiger charge is 2.25. The maximum Gasteiger partial charge on any atom is 0.407 e. The Bertz CT molecular complexity index is 576. The molecule has 0 aromatic heterocycles. The van der Waals surface area contributed by atoms with Crippen LogP contribution in [0.3, 0.4) is 0 Å². The number of Topliss-reactive ketones (excluding diaryl/α,β-unsaturated/α-hetero) is 2. The van der Waals surface area contributed by atoms with E-state index in [1.54, 1.807) is 13.8 Å². The zero-order valence-electron chi connectivity index (χ0n) is 16.7. The number of amides is 2. The highest BCUT2D eigenvalue weighted by Crippen LogP contribution is 2.19. The summed E-state index contributed by atoms with van der Waals surface area (Å²) in [6.07, 6.45) is 1.99. The highest BCUT2D eigenvalue weighted by molar-refractivity contribution is 5.94. The van der Waals surface area contributed by atoms with Gasteiger partial charge in [0, 0.05) is 24.9 Å². The molecule has 2 atom stereocenters. The maximum absolute atomic E-state index is 11.8. The molecule has 1 saturated carbocycles. The van der Waals surface area contributed by atoms with Gasteiger partial charge >= 0.3 is 12.2 Å². The summed E-state index contributed by atoms with van der Waals surface area (Å²) in [5.41, 5.74) is 0.863. The second-order valence-corrected chi connectivity index (χ2v) is 7.03. The third-order valence-electron chi connectivity index (χ3n) is 4.39. The first kappa shape index (κ1) is 23.4. The molecule has 1 fully saturated rings. The van der Waals surface area contributed by atoms with Gasteiger partial charge in [-0.15, -0.1) is 0 Å². The summed E-state index contributed by atoms with van der Waals surface area (Å²) in [4.78, 5) is 46.5. The quantitative estimate of drug-likeness (QED) is 0.551. The van der Waals surface area contributed by atoms with E-state index in [1.165, 1.54) is 0 Å². The normalized spacial score (nSPS) is 18.5. The van der Waals surface area contributed by atoms with E-state index in [2.05, 4.69) is 23.8 Å². The molecule has 2 amide bonds. The number of hydrogen-bond donors (Lipinski definition) is 2. The van der Waals surface area contributed by atoms with Crippen LogP contribution in [0.4, 0.5) is 9.59 Å². The van der Waals surface area contributed by atoms with Gasteiger partial charge in [0.2, 0.25) is 0 Å². The van der Waals surface area contributed by atoms with Crippen LogP contribution in [0.15, 0.2) is 24.3 Å². The van der Waals surface area contributed by atoms with Gasteiger partial charge in [-0.2, -0.15) is 0 Å². The summed E-state index contributed by atoms with van der Waals surface area (Å²) < 4.78 is 10.0. The van der Waals surface area contributed by atoms with E-state index >= 15 is 0 Å². The number of carbonyl (C=O) groups excluding carboxylic acids is 4. The lowest BCUT2D eigenvalue weighted by Crippen LogP contribution is -2.46. The van der Waals surface area contributed by atoms with Gasteiger partial charge in [0.25, 0.3) is 0 Å². The van der Waals surface area contributed by atoms with Crippen LogP contribution in [0.25, 0.3) is 0 Å². The van der Waals surface area contributed by atoms with Gasteiger partial charge in [0.15, 0.2) is 11.6 Å². The molecule has 0 heterocycles. The molecule has 2 unspecified atom stereocenters. The largest absolute Gasteiger partial charge is 0.449 e. The van der Waals surface area contributed by atoms with Crippen LogP contribution in [0.2, 0.25) is 0 Å². The van der Waals surface area contributed by atoms with E-state index in [-0.39, 0.29) is 49.7 Å². The molecule has 0 bridgehead atoms. The molecular weight excluding hydrogens is 364 g/mol. The predicted octanol–water partition coefficient (Wildman–Crippen LogP) is 2.82. The Morgan fingerprint density at radius 2 is 1.21 bits per heavy atom. The molecule has 8 heteroatoms. The number of hydrogen-bond acceptors (Lipinski definition) is 6. The van der Waals surface area contributed by atoms with E-state index in [9.17, 15) is 19.2 Å². The predicted molar refractivity (Wildman–Crippen MR) is 104 cm³/mol. The Labute approximate surface area is 165 Å². The Kier molecular flexibility index (Phi) is 9.98. The van der Waals surface area contributed by atoms with E-state index in [4.69, 9.17) is 9.47 Å². The number of ether oxygens (including phenoxy) is 2. The van der Waals surface area contributed by atoms with Crippen molar-refractivity contribution in [3.63, 3.8) is 0 Å². The Morgan fingerprint density at radius 3 is 1.57 bits per heavy atom. The number of alkyl carbamates (subject to hydrolysis) is 2. The second-order valence-electron chi connectivity index (χ2n) is 7.03. The highest BCUT2D eigenvalue weighted by atomic mass is 16.6. The maximum atomic E-state index is 11.8. The molecule has 2 N–H and O–H groups in total. The minimum Gasteiger partial charge on any atom is -0.449 e. The monoisotopic (exact) mass is 394 g/mol. The smallest absolute Gasteiger partial charge is 0.407 e. The van der Waals surface area contributed by atoms with Crippen LogP contribution in [0.1, 0.15) is 52.4 Å². The summed E-state index contributed by atoms with van der Waals surface area (Å²) in [6, 6.07) is -0.262. The molecule has 0 radical (unpaired) electrons. The summed E-state index contributed by atoms with van der Waals surface area (Å²) in [7, 11) is 0. The average molecular weight is 394 g/mol. The summed E-state index contributed by atoms with van der Waals surface area (Å²) in [6.45, 7) is 10.3. The molecule has 0 aliphatic heterocycles. The van der Waals surface area contributed by atoms with Gasteiger partial charge in [-0.25, -0.2) is 9.59 Å². The minimum atomic E-state index is -0.582. The number of ketones is 2. The van der Waals surface area contributed by atoms with Crippen molar-refractivity contribution in [3.8, 4) is 0 Å². The van der Waals surface area contributed by atoms with Crippen molar-refractivity contribution >= 4 is 23.8 Å². The van der Waals surface area contributed by atoms with Gasteiger partial charge in [0.1, 0.15) is 13.2 Å². The van der Waals surface area contributed by atoms with Crippen LogP contribution < -0.4 is 10.6 Å². The molecule has 0 aromatic rings. The molecule has 28 heavy (non-hydrogen) atoms. The Hall–Kier alpha value is -2.64. The van der Waals surface area contributed by atoms with E-state index in [0.717, 1.165) is 19.3 Å². The lowest BCUT2D eigenvalue weighted by Gasteiger charge is -2.29. The fourth-order valence-electron chi connectivity index (χ4n) is 2.77. The summed E-state index contributed by atoms with van der Waals surface area (Å²) >= 11 is 0. The number of nitrogens with one attached hydrogen (secondary N) is 2. The van der Waals surface area contributed by atoms with Crippen molar-refractivity contribution in [1.82, 2.24) is 10.6 Å². The topological polar surface area (TPSA) is 111 Å². The van der Waals surface area contributed by atoms with Crippen LogP contribution in [-0.2, 0) is 19.1 Å². The lowest BCUT2D eigenvalue weighted by molar-refractivity contribution is -0.116. The molecule has 0 aromatic carbocycles. The van der Waals surface area contributed by atoms with Crippen molar-refractivity contribution in [2.24, 2.45) is 0 Å². The number of carbonyl (C=O) groups is 4. The van der Waals surface area contributed by atoms with Gasteiger partial charge in [-0.1, -0.05) is 13.2 Å². The third kappa shape index (κ3) is 9.34. The lowest BCUT2D eigenvalue weighted by atomic mass is 9.91. The fraction of sp³-hybridized carbons (Fsp3) is 0.600. The van der Waals surface area contributed by atoms with Crippen LogP contribution in [0, 0.1) is 0 Å². The van der Waals surface area contributed by atoms with Crippen LogP contribution >= 0.6 is 0 Å². The van der Waals surface area contributed by atoms with Crippen LogP contribution in [-0.4, -0.2) is 49.1 Å². The zero-order valence-corrected chi connectivity index (χ0v) is 16.7. The van der Waals surface area contributed by atoms with Gasteiger partial charge in [-0.05, 0) is 50.7 Å². The Morgan fingerprint density at radius 1 is 0.821 bits per heavy atom. The van der Waals surface area contributed by atoms with Gasteiger partial charge in [-0.3, -0.25) is 9.59 Å². The van der Waals surface area contributed by atoms with E-state index in [1.807, 2.05) is 0 Å². The summed E-state index contributed by atoms with van der Waals surface area (Å²) in [5, 5.41) is 5.51. The molecule has 1 aliphatic carbocycles. The van der Waals surface area contributed by atoms with Gasteiger partial charge < -0.3 is 20.1 Å². The molecule has 1 aliphatic rings. The standard InChI is InChI=1S/C20H30N2O6/c1-13(2)17(23)8-10-27-19(25)21-15-6-5-7-16(12-15)22-20(26)28-11-9-18(24)14(3)4/h15-16H,1,3,5-12H2,2,4H3,(H,21,25)(H,22,26). The number of allylic oxidation sites excluding steroid dienone is 2. The van der Waals surface area contributed by atoms with E-state index < -0.39 is 12.2 Å². The van der Waals surface area contributed by atoms with Crippen LogP contribution in [0.5, 0.6) is 0 Å².